The first-order valence-corrected chi connectivity index (χ1v) is 24.6. The summed E-state index contributed by atoms with van der Waals surface area (Å²) in [7, 11) is 0. The second-order valence-electron chi connectivity index (χ2n) is 18.1. The lowest BCUT2D eigenvalue weighted by Gasteiger charge is -2.25. The number of rotatable bonds is 11. The SMILES string of the molecule is C1=C(c2cccc(-c3ccccc3)c2)N=C(c2ccc(-c3cccc(-c4c(-c5ccccc5)c(-c5ccccc5)nc(-c5ccccc5)c4-c4ccccc4)c3)cc2)NC1c1cccc(-c2ccccc2)c1. The summed E-state index contributed by atoms with van der Waals surface area (Å²) in [5.41, 5.74) is 21.8. The summed E-state index contributed by atoms with van der Waals surface area (Å²) in [4.78, 5) is 11.0. The van der Waals surface area contributed by atoms with Crippen LogP contribution in [0.2, 0.25) is 0 Å². The van der Waals surface area contributed by atoms with Crippen molar-refractivity contribution >= 4 is 11.5 Å². The molecule has 0 amide bonds. The summed E-state index contributed by atoms with van der Waals surface area (Å²) in [6.45, 7) is 0. The molecule has 1 atom stereocenters. The zero-order valence-electron chi connectivity index (χ0n) is 39.6. The zero-order valence-corrected chi connectivity index (χ0v) is 39.6. The lowest BCUT2D eigenvalue weighted by molar-refractivity contribution is 0.781. The van der Waals surface area contributed by atoms with Gasteiger partial charge in [0.15, 0.2) is 0 Å². The van der Waals surface area contributed by atoms with E-state index in [1.54, 1.807) is 0 Å². The van der Waals surface area contributed by atoms with Crippen LogP contribution in [-0.2, 0) is 0 Å². The molecular weight excluding hydrogens is 871 g/mol. The molecule has 1 N–H and O–H groups in total. The minimum absolute atomic E-state index is 0.118. The fraction of sp³-hybridized carbons (Fsp3) is 0.0145. The van der Waals surface area contributed by atoms with E-state index < -0.39 is 0 Å². The van der Waals surface area contributed by atoms with Gasteiger partial charge in [0.2, 0.25) is 0 Å². The monoisotopic (exact) mass is 919 g/mol. The largest absolute Gasteiger partial charge is 0.359 e. The molecule has 0 saturated heterocycles. The van der Waals surface area contributed by atoms with Crippen molar-refractivity contribution in [1.29, 1.82) is 0 Å². The van der Waals surface area contributed by atoms with Crippen LogP contribution in [0.1, 0.15) is 22.7 Å². The molecule has 72 heavy (non-hydrogen) atoms. The summed E-state index contributed by atoms with van der Waals surface area (Å²) in [5, 5.41) is 3.85. The number of nitrogens with zero attached hydrogens (tertiary/aromatic N) is 2. The van der Waals surface area contributed by atoms with Crippen molar-refractivity contribution in [2.75, 3.05) is 0 Å². The highest BCUT2D eigenvalue weighted by atomic mass is 15.0. The van der Waals surface area contributed by atoms with Crippen molar-refractivity contribution in [3.63, 3.8) is 0 Å². The summed E-state index contributed by atoms with van der Waals surface area (Å²) < 4.78 is 0. The number of amidine groups is 1. The third-order valence-corrected chi connectivity index (χ3v) is 13.5. The molecule has 10 aromatic carbocycles. The number of pyridine rings is 1. The van der Waals surface area contributed by atoms with Gasteiger partial charge in [-0.15, -0.1) is 0 Å². The molecule has 1 unspecified atom stereocenters. The third-order valence-electron chi connectivity index (χ3n) is 13.5. The molecule has 0 fully saturated rings. The molecule has 0 radical (unpaired) electrons. The second kappa shape index (κ2) is 19.9. The summed E-state index contributed by atoms with van der Waals surface area (Å²) in [6, 6.07) is 99.1. The van der Waals surface area contributed by atoms with Gasteiger partial charge >= 0.3 is 0 Å². The molecule has 1 aliphatic rings. The van der Waals surface area contributed by atoms with E-state index in [2.05, 4.69) is 290 Å². The molecule has 1 aromatic heterocycles. The van der Waals surface area contributed by atoms with Gasteiger partial charge in [-0.3, -0.25) is 0 Å². The number of hydrogen-bond acceptors (Lipinski definition) is 3. The Morgan fingerprint density at radius 2 is 0.625 bits per heavy atom. The zero-order chi connectivity index (χ0) is 48.1. The molecule has 12 rings (SSSR count). The number of nitrogens with one attached hydrogen (secondary N) is 1. The van der Waals surface area contributed by atoms with Gasteiger partial charge in [0.05, 0.1) is 23.1 Å². The minimum atomic E-state index is -0.118. The molecule has 0 aliphatic carbocycles. The Morgan fingerprint density at radius 3 is 1.12 bits per heavy atom. The first-order chi connectivity index (χ1) is 35.7. The van der Waals surface area contributed by atoms with E-state index in [0.717, 1.165) is 95.2 Å². The summed E-state index contributed by atoms with van der Waals surface area (Å²) in [6.07, 6.45) is 2.26. The smallest absolute Gasteiger partial charge is 0.134 e. The third kappa shape index (κ3) is 8.99. The lowest BCUT2D eigenvalue weighted by atomic mass is 9.82. The maximum atomic E-state index is 5.65. The molecule has 3 heteroatoms. The van der Waals surface area contributed by atoms with E-state index in [9.17, 15) is 0 Å². The van der Waals surface area contributed by atoms with Crippen LogP contribution in [-0.4, -0.2) is 10.8 Å². The number of aromatic nitrogens is 1. The van der Waals surface area contributed by atoms with Crippen LogP contribution in [0, 0.1) is 0 Å². The van der Waals surface area contributed by atoms with Crippen LogP contribution >= 0.6 is 0 Å². The van der Waals surface area contributed by atoms with E-state index in [0.29, 0.717) is 0 Å². The van der Waals surface area contributed by atoms with E-state index in [1.165, 1.54) is 22.3 Å². The van der Waals surface area contributed by atoms with Crippen LogP contribution in [0.15, 0.2) is 290 Å². The predicted octanol–water partition coefficient (Wildman–Crippen LogP) is 17.5. The maximum absolute atomic E-state index is 5.65. The van der Waals surface area contributed by atoms with Crippen molar-refractivity contribution in [1.82, 2.24) is 10.3 Å². The van der Waals surface area contributed by atoms with Gasteiger partial charge in [-0.1, -0.05) is 261 Å². The molecule has 1 aliphatic heterocycles. The van der Waals surface area contributed by atoms with Crippen LogP contribution in [0.4, 0.5) is 0 Å². The number of hydrogen-bond donors (Lipinski definition) is 1. The van der Waals surface area contributed by atoms with Gasteiger partial charge in [0.1, 0.15) is 5.84 Å². The normalized spacial score (nSPS) is 13.1. The summed E-state index contributed by atoms with van der Waals surface area (Å²) in [5.74, 6) is 0.826. The highest BCUT2D eigenvalue weighted by Crippen LogP contribution is 2.49. The average molecular weight is 920 g/mol. The van der Waals surface area contributed by atoms with Crippen molar-refractivity contribution in [3.8, 4) is 89.3 Å². The van der Waals surface area contributed by atoms with Crippen LogP contribution in [0.3, 0.4) is 0 Å². The first-order valence-electron chi connectivity index (χ1n) is 24.6. The number of aliphatic imine (C=N–C) groups is 1. The molecule has 11 aromatic rings. The second-order valence-corrected chi connectivity index (χ2v) is 18.1. The number of benzene rings is 10. The Balaban J connectivity index is 0.976. The van der Waals surface area contributed by atoms with E-state index in [-0.39, 0.29) is 6.04 Å². The van der Waals surface area contributed by atoms with E-state index in [1.807, 2.05) is 0 Å². The quantitative estimate of drug-likeness (QED) is 0.140. The molecular formula is C69H49N3. The molecule has 0 spiro atoms. The Labute approximate surface area is 421 Å². The highest BCUT2D eigenvalue weighted by molar-refractivity contribution is 6.06. The highest BCUT2D eigenvalue weighted by Gasteiger charge is 2.26. The van der Waals surface area contributed by atoms with Gasteiger partial charge in [0.25, 0.3) is 0 Å². The fourth-order valence-corrected chi connectivity index (χ4v) is 9.99. The van der Waals surface area contributed by atoms with Crippen molar-refractivity contribution in [2.45, 2.75) is 6.04 Å². The Morgan fingerprint density at radius 1 is 0.264 bits per heavy atom. The molecule has 0 saturated carbocycles. The molecule has 3 nitrogen and oxygen atoms in total. The average Bonchev–Trinajstić information content (AvgIpc) is 3.48. The Hall–Kier alpha value is -9.44. The minimum Gasteiger partial charge on any atom is -0.359 e. The van der Waals surface area contributed by atoms with Crippen molar-refractivity contribution < 1.29 is 0 Å². The summed E-state index contributed by atoms with van der Waals surface area (Å²) >= 11 is 0. The van der Waals surface area contributed by atoms with Gasteiger partial charge in [-0.2, -0.15) is 0 Å². The fourth-order valence-electron chi connectivity index (χ4n) is 9.99. The Bertz CT molecular complexity index is 3620. The van der Waals surface area contributed by atoms with Crippen LogP contribution in [0.25, 0.3) is 95.0 Å². The van der Waals surface area contributed by atoms with Crippen molar-refractivity contribution in [2.24, 2.45) is 4.99 Å². The van der Waals surface area contributed by atoms with E-state index in [4.69, 9.17) is 9.98 Å². The molecule has 340 valence electrons. The predicted molar refractivity (Wildman–Crippen MR) is 301 cm³/mol. The van der Waals surface area contributed by atoms with Gasteiger partial charge in [-0.25, -0.2) is 9.98 Å². The Kier molecular flexibility index (Phi) is 12.1. The van der Waals surface area contributed by atoms with E-state index >= 15 is 0 Å². The van der Waals surface area contributed by atoms with Crippen LogP contribution in [0.5, 0.6) is 0 Å². The maximum Gasteiger partial charge on any atom is 0.134 e. The van der Waals surface area contributed by atoms with Gasteiger partial charge in [0, 0.05) is 38.9 Å². The topological polar surface area (TPSA) is 37.3 Å². The molecule has 2 heterocycles. The molecule has 0 bridgehead atoms. The van der Waals surface area contributed by atoms with Crippen LogP contribution < -0.4 is 5.32 Å². The van der Waals surface area contributed by atoms with Crippen molar-refractivity contribution in [3.05, 3.63) is 302 Å². The standard InChI is InChI=1S/C69H49N3/c1-7-22-48(23-8-1)56-34-19-37-59(44-56)62-47-63(60-38-20-35-57(45-60)49-24-9-2-10-25-49)71-69(70-62)55-42-40-50(41-43-55)58-36-21-39-61(46-58)64-65(51-26-11-3-12-27-51)67(53-30-15-5-16-31-53)72-68(54-32-17-6-18-33-54)66(64)52-28-13-4-14-29-52/h1-47,62H,(H,70,71). The van der Waals surface area contributed by atoms with Gasteiger partial charge in [-0.05, 0) is 79.9 Å². The lowest BCUT2D eigenvalue weighted by Crippen LogP contribution is -2.31. The first kappa shape index (κ1) is 43.8. The van der Waals surface area contributed by atoms with Gasteiger partial charge < -0.3 is 5.32 Å².